The number of nitrogens with one attached hydrogen (secondary N) is 1. The average Bonchev–Trinajstić information content (AvgIpc) is 2.37. The summed E-state index contributed by atoms with van der Waals surface area (Å²) in [6.45, 7) is 11.1. The predicted molar refractivity (Wildman–Crippen MR) is 75.5 cm³/mol. The van der Waals surface area contributed by atoms with E-state index >= 15 is 0 Å². The van der Waals surface area contributed by atoms with E-state index in [2.05, 4.69) is 29.4 Å². The van der Waals surface area contributed by atoms with Gasteiger partial charge in [-0.1, -0.05) is 13.8 Å². The van der Waals surface area contributed by atoms with E-state index < -0.39 is 0 Å². The minimum Gasteiger partial charge on any atom is -0.492 e. The summed E-state index contributed by atoms with van der Waals surface area (Å²) < 4.78 is 10.9. The number of hydrogen-bond acceptors (Lipinski definition) is 5. The fourth-order valence-electron chi connectivity index (χ4n) is 1.60. The van der Waals surface area contributed by atoms with Crippen molar-refractivity contribution in [2.45, 2.75) is 40.7 Å². The summed E-state index contributed by atoms with van der Waals surface area (Å²) in [5.74, 6) is 1.96. The fourth-order valence-corrected chi connectivity index (χ4v) is 1.60. The fraction of sp³-hybridized carbons (Fsp3) is 0.714. The summed E-state index contributed by atoms with van der Waals surface area (Å²) in [4.78, 5) is 0. The van der Waals surface area contributed by atoms with Crippen molar-refractivity contribution in [3.8, 4) is 11.6 Å². The van der Waals surface area contributed by atoms with Crippen molar-refractivity contribution in [2.24, 2.45) is 5.92 Å². The number of aromatic nitrogens is 2. The van der Waals surface area contributed by atoms with E-state index in [-0.39, 0.29) is 0 Å². The summed E-state index contributed by atoms with van der Waals surface area (Å²) in [5.41, 5.74) is 0.828. The maximum atomic E-state index is 5.58. The van der Waals surface area contributed by atoms with Crippen LogP contribution in [0.15, 0.2) is 6.07 Å². The van der Waals surface area contributed by atoms with Crippen molar-refractivity contribution in [3.63, 3.8) is 0 Å². The monoisotopic (exact) mass is 267 g/mol. The molecule has 1 heterocycles. The Morgan fingerprint density at radius 1 is 1.16 bits per heavy atom. The van der Waals surface area contributed by atoms with Crippen LogP contribution in [-0.2, 0) is 6.54 Å². The van der Waals surface area contributed by atoms with Gasteiger partial charge in [-0.15, -0.1) is 10.2 Å². The van der Waals surface area contributed by atoms with Crippen LogP contribution in [0.1, 0.15) is 39.8 Å². The molecule has 1 aromatic heterocycles. The van der Waals surface area contributed by atoms with Gasteiger partial charge in [0.15, 0.2) is 0 Å². The zero-order valence-corrected chi connectivity index (χ0v) is 12.4. The van der Waals surface area contributed by atoms with E-state index in [0.717, 1.165) is 24.4 Å². The molecule has 0 amide bonds. The normalized spacial score (nSPS) is 10.8. The standard InChI is InChI=1S/C14H25N3O2/c1-5-18-13-9-14(19-6-2)17-16-12(13)10-15-8-7-11(3)4/h9,11,15H,5-8,10H2,1-4H3. The van der Waals surface area contributed by atoms with Crippen LogP contribution in [-0.4, -0.2) is 30.0 Å². The largest absolute Gasteiger partial charge is 0.492 e. The van der Waals surface area contributed by atoms with Crippen LogP contribution in [0.4, 0.5) is 0 Å². The lowest BCUT2D eigenvalue weighted by molar-refractivity contribution is 0.304. The molecule has 0 unspecified atom stereocenters. The molecule has 0 aliphatic heterocycles. The minimum atomic E-state index is 0.511. The molecule has 0 spiro atoms. The Kier molecular flexibility index (Phi) is 7.18. The highest BCUT2D eigenvalue weighted by atomic mass is 16.5. The Hall–Kier alpha value is -1.36. The van der Waals surface area contributed by atoms with Gasteiger partial charge in [-0.3, -0.25) is 0 Å². The molecule has 0 radical (unpaired) electrons. The molecule has 5 nitrogen and oxygen atoms in total. The molecule has 0 atom stereocenters. The third-order valence-corrected chi connectivity index (χ3v) is 2.59. The van der Waals surface area contributed by atoms with Gasteiger partial charge in [0.1, 0.15) is 11.4 Å². The molecule has 1 N–H and O–H groups in total. The average molecular weight is 267 g/mol. The van der Waals surface area contributed by atoms with Gasteiger partial charge in [-0.25, -0.2) is 0 Å². The molecule has 1 aromatic rings. The van der Waals surface area contributed by atoms with Crippen molar-refractivity contribution >= 4 is 0 Å². The highest BCUT2D eigenvalue weighted by molar-refractivity contribution is 5.30. The lowest BCUT2D eigenvalue weighted by atomic mass is 10.1. The smallest absolute Gasteiger partial charge is 0.237 e. The van der Waals surface area contributed by atoms with Crippen molar-refractivity contribution in [1.82, 2.24) is 15.5 Å². The number of hydrogen-bond donors (Lipinski definition) is 1. The van der Waals surface area contributed by atoms with Crippen LogP contribution in [0.25, 0.3) is 0 Å². The molecular formula is C14H25N3O2. The van der Waals surface area contributed by atoms with Crippen LogP contribution in [0.2, 0.25) is 0 Å². The second kappa shape index (κ2) is 8.69. The zero-order chi connectivity index (χ0) is 14.1. The molecule has 0 fully saturated rings. The second-order valence-electron chi connectivity index (χ2n) is 4.72. The molecule has 0 bridgehead atoms. The molecule has 0 aliphatic carbocycles. The molecule has 5 heteroatoms. The van der Waals surface area contributed by atoms with E-state index in [0.29, 0.717) is 31.6 Å². The number of nitrogens with zero attached hydrogens (tertiary/aromatic N) is 2. The maximum absolute atomic E-state index is 5.58. The summed E-state index contributed by atoms with van der Waals surface area (Å²) in [5, 5.41) is 11.6. The van der Waals surface area contributed by atoms with Gasteiger partial charge in [-0.2, -0.15) is 0 Å². The van der Waals surface area contributed by atoms with Gasteiger partial charge in [0, 0.05) is 12.6 Å². The predicted octanol–water partition coefficient (Wildman–Crippen LogP) is 2.41. The molecular weight excluding hydrogens is 242 g/mol. The third-order valence-electron chi connectivity index (χ3n) is 2.59. The number of ether oxygens (including phenoxy) is 2. The molecule has 0 aliphatic rings. The Morgan fingerprint density at radius 2 is 1.89 bits per heavy atom. The summed E-state index contributed by atoms with van der Waals surface area (Å²) in [7, 11) is 0. The maximum Gasteiger partial charge on any atom is 0.237 e. The van der Waals surface area contributed by atoms with Crippen molar-refractivity contribution in [1.29, 1.82) is 0 Å². The highest BCUT2D eigenvalue weighted by Gasteiger charge is 2.08. The Morgan fingerprint density at radius 3 is 2.53 bits per heavy atom. The topological polar surface area (TPSA) is 56.3 Å². The summed E-state index contributed by atoms with van der Waals surface area (Å²) in [6.07, 6.45) is 1.15. The third kappa shape index (κ3) is 5.87. The Bertz CT molecular complexity index is 370. The Balaban J connectivity index is 2.59. The van der Waals surface area contributed by atoms with E-state index in [9.17, 15) is 0 Å². The van der Waals surface area contributed by atoms with Crippen molar-refractivity contribution in [3.05, 3.63) is 11.8 Å². The van der Waals surface area contributed by atoms with Gasteiger partial charge >= 0.3 is 0 Å². The summed E-state index contributed by atoms with van der Waals surface area (Å²) >= 11 is 0. The van der Waals surface area contributed by atoms with Crippen LogP contribution >= 0.6 is 0 Å². The SMILES string of the molecule is CCOc1cc(OCC)c(CNCCC(C)C)nn1. The lowest BCUT2D eigenvalue weighted by Gasteiger charge is -2.11. The van der Waals surface area contributed by atoms with E-state index in [1.807, 2.05) is 13.8 Å². The minimum absolute atomic E-state index is 0.511. The molecule has 108 valence electrons. The van der Waals surface area contributed by atoms with Crippen LogP contribution < -0.4 is 14.8 Å². The molecule has 1 rings (SSSR count). The molecule has 0 saturated carbocycles. The van der Waals surface area contributed by atoms with Crippen LogP contribution in [0.3, 0.4) is 0 Å². The number of rotatable bonds is 9. The first-order valence-electron chi connectivity index (χ1n) is 7.00. The molecule has 0 aromatic carbocycles. The lowest BCUT2D eigenvalue weighted by Crippen LogP contribution is -2.18. The molecule has 19 heavy (non-hydrogen) atoms. The Labute approximate surface area is 115 Å². The first kappa shape index (κ1) is 15.7. The van der Waals surface area contributed by atoms with Crippen LogP contribution in [0.5, 0.6) is 11.6 Å². The van der Waals surface area contributed by atoms with Crippen LogP contribution in [0, 0.1) is 5.92 Å². The zero-order valence-electron chi connectivity index (χ0n) is 12.4. The van der Waals surface area contributed by atoms with Gasteiger partial charge in [0.25, 0.3) is 0 Å². The van der Waals surface area contributed by atoms with E-state index in [1.54, 1.807) is 6.07 Å². The summed E-state index contributed by atoms with van der Waals surface area (Å²) in [6, 6.07) is 1.81. The van der Waals surface area contributed by atoms with E-state index in [4.69, 9.17) is 9.47 Å². The van der Waals surface area contributed by atoms with Gasteiger partial charge in [-0.05, 0) is 32.7 Å². The highest BCUT2D eigenvalue weighted by Crippen LogP contribution is 2.20. The van der Waals surface area contributed by atoms with E-state index in [1.165, 1.54) is 0 Å². The first-order chi connectivity index (χ1) is 9.17. The van der Waals surface area contributed by atoms with Gasteiger partial charge in [0.2, 0.25) is 5.88 Å². The molecule has 0 saturated heterocycles. The quantitative estimate of drug-likeness (QED) is 0.696. The van der Waals surface area contributed by atoms with Crippen molar-refractivity contribution in [2.75, 3.05) is 19.8 Å². The van der Waals surface area contributed by atoms with Crippen molar-refractivity contribution < 1.29 is 9.47 Å². The first-order valence-corrected chi connectivity index (χ1v) is 7.00. The van der Waals surface area contributed by atoms with Gasteiger partial charge in [0.05, 0.1) is 13.2 Å². The second-order valence-corrected chi connectivity index (χ2v) is 4.72. The van der Waals surface area contributed by atoms with Gasteiger partial charge < -0.3 is 14.8 Å².